The Balaban J connectivity index is 1.76. The fourth-order valence-electron chi connectivity index (χ4n) is 1.29. The molecule has 0 bridgehead atoms. The first-order valence-electron chi connectivity index (χ1n) is 4.70. The number of aromatic nitrogens is 1. The number of anilines is 1. The molecule has 0 atom stereocenters. The van der Waals surface area contributed by atoms with E-state index < -0.39 is 0 Å². The zero-order valence-corrected chi connectivity index (χ0v) is 9.05. The maximum atomic E-state index is 4.24. The predicted molar refractivity (Wildman–Crippen MR) is 57.8 cm³/mol. The van der Waals surface area contributed by atoms with Crippen molar-refractivity contribution in [2.45, 2.75) is 19.3 Å². The van der Waals surface area contributed by atoms with E-state index in [4.69, 9.17) is 0 Å². The number of hydrogen-bond acceptors (Lipinski definition) is 2. The average Bonchev–Trinajstić information content (AvgIpc) is 2.92. The first kappa shape index (κ1) is 9.00. The minimum absolute atomic E-state index is 0.976. The second-order valence-corrected chi connectivity index (χ2v) is 4.44. The van der Waals surface area contributed by atoms with Gasteiger partial charge >= 0.3 is 0 Å². The van der Waals surface area contributed by atoms with Gasteiger partial charge in [-0.25, -0.2) is 4.98 Å². The first-order valence-corrected chi connectivity index (χ1v) is 5.49. The van der Waals surface area contributed by atoms with Crippen molar-refractivity contribution in [2.24, 2.45) is 5.92 Å². The molecule has 1 aliphatic rings. The van der Waals surface area contributed by atoms with E-state index in [1.165, 1.54) is 19.3 Å². The van der Waals surface area contributed by atoms with Crippen LogP contribution in [0.2, 0.25) is 0 Å². The molecule has 3 heteroatoms. The van der Waals surface area contributed by atoms with Gasteiger partial charge in [-0.3, -0.25) is 0 Å². The van der Waals surface area contributed by atoms with Gasteiger partial charge in [-0.15, -0.1) is 0 Å². The van der Waals surface area contributed by atoms with Gasteiger partial charge in [0, 0.05) is 17.2 Å². The molecule has 0 unspecified atom stereocenters. The van der Waals surface area contributed by atoms with Crippen LogP contribution in [0.3, 0.4) is 0 Å². The summed E-state index contributed by atoms with van der Waals surface area (Å²) in [5.41, 5.74) is 0. The molecule has 0 saturated heterocycles. The second kappa shape index (κ2) is 4.09. The molecule has 0 radical (unpaired) electrons. The molecule has 0 aliphatic heterocycles. The molecular weight excluding hydrogens is 228 g/mol. The first-order chi connectivity index (χ1) is 6.34. The summed E-state index contributed by atoms with van der Waals surface area (Å²) in [6.45, 7) is 1.05. The van der Waals surface area contributed by atoms with Crippen molar-refractivity contribution in [3.63, 3.8) is 0 Å². The van der Waals surface area contributed by atoms with Crippen LogP contribution in [0.4, 0.5) is 5.82 Å². The molecule has 1 saturated carbocycles. The molecule has 0 aromatic carbocycles. The molecule has 1 aromatic rings. The van der Waals surface area contributed by atoms with Gasteiger partial charge in [0.1, 0.15) is 5.82 Å². The monoisotopic (exact) mass is 240 g/mol. The summed E-state index contributed by atoms with van der Waals surface area (Å²) >= 11 is 3.36. The summed E-state index contributed by atoms with van der Waals surface area (Å²) in [5, 5.41) is 3.31. The van der Waals surface area contributed by atoms with Crippen molar-refractivity contribution < 1.29 is 0 Å². The van der Waals surface area contributed by atoms with Gasteiger partial charge in [-0.05, 0) is 40.4 Å². The molecule has 13 heavy (non-hydrogen) atoms. The highest BCUT2D eigenvalue weighted by Gasteiger charge is 2.19. The fourth-order valence-corrected chi connectivity index (χ4v) is 1.53. The van der Waals surface area contributed by atoms with E-state index in [0.717, 1.165) is 22.8 Å². The normalized spacial score (nSPS) is 15.8. The van der Waals surface area contributed by atoms with Crippen molar-refractivity contribution in [2.75, 3.05) is 11.9 Å². The second-order valence-electron chi connectivity index (χ2n) is 3.52. The van der Waals surface area contributed by atoms with Gasteiger partial charge in [0.05, 0.1) is 0 Å². The maximum Gasteiger partial charge on any atom is 0.125 e. The summed E-state index contributed by atoms with van der Waals surface area (Å²) in [7, 11) is 0. The lowest BCUT2D eigenvalue weighted by Crippen LogP contribution is -2.03. The Morgan fingerprint density at radius 2 is 2.31 bits per heavy atom. The topological polar surface area (TPSA) is 24.9 Å². The molecule has 2 nitrogen and oxygen atoms in total. The van der Waals surface area contributed by atoms with Gasteiger partial charge in [-0.2, -0.15) is 0 Å². The lowest BCUT2D eigenvalue weighted by molar-refractivity contribution is 0.758. The SMILES string of the molecule is Brc1ccc(NCCC2CC2)nc1. The Morgan fingerprint density at radius 3 is 2.92 bits per heavy atom. The minimum atomic E-state index is 0.976. The maximum absolute atomic E-state index is 4.24. The van der Waals surface area contributed by atoms with E-state index >= 15 is 0 Å². The van der Waals surface area contributed by atoms with Crippen LogP contribution in [-0.4, -0.2) is 11.5 Å². The number of rotatable bonds is 4. The molecule has 0 amide bonds. The fraction of sp³-hybridized carbons (Fsp3) is 0.500. The summed E-state index contributed by atoms with van der Waals surface area (Å²) < 4.78 is 1.03. The molecule has 1 N–H and O–H groups in total. The molecule has 0 spiro atoms. The number of nitrogens with one attached hydrogen (secondary N) is 1. The van der Waals surface area contributed by atoms with E-state index in [0.29, 0.717) is 0 Å². The lowest BCUT2D eigenvalue weighted by Gasteiger charge is -2.03. The summed E-state index contributed by atoms with van der Waals surface area (Å²) in [4.78, 5) is 4.24. The van der Waals surface area contributed by atoms with E-state index in [2.05, 4.69) is 26.2 Å². The Hall–Kier alpha value is -0.570. The van der Waals surface area contributed by atoms with Crippen LogP contribution >= 0.6 is 15.9 Å². The Labute approximate surface area is 86.9 Å². The highest BCUT2D eigenvalue weighted by molar-refractivity contribution is 9.10. The van der Waals surface area contributed by atoms with Crippen LogP contribution in [0.15, 0.2) is 22.8 Å². The number of nitrogens with zero attached hydrogens (tertiary/aromatic N) is 1. The third-order valence-corrected chi connectivity index (χ3v) is 2.75. The quantitative estimate of drug-likeness (QED) is 0.876. The zero-order valence-electron chi connectivity index (χ0n) is 7.46. The van der Waals surface area contributed by atoms with Crippen LogP contribution in [0, 0.1) is 5.92 Å². The van der Waals surface area contributed by atoms with Gasteiger partial charge in [-0.1, -0.05) is 12.8 Å². The van der Waals surface area contributed by atoms with Crippen LogP contribution in [0.5, 0.6) is 0 Å². The number of hydrogen-bond donors (Lipinski definition) is 1. The van der Waals surface area contributed by atoms with E-state index in [1.54, 1.807) is 0 Å². The number of halogens is 1. The molecule has 1 fully saturated rings. The molecule has 1 aromatic heterocycles. The van der Waals surface area contributed by atoms with Crippen molar-refractivity contribution in [3.05, 3.63) is 22.8 Å². The van der Waals surface area contributed by atoms with Crippen LogP contribution in [0.25, 0.3) is 0 Å². The van der Waals surface area contributed by atoms with Gasteiger partial charge in [0.25, 0.3) is 0 Å². The average molecular weight is 241 g/mol. The van der Waals surface area contributed by atoms with E-state index in [-0.39, 0.29) is 0 Å². The van der Waals surface area contributed by atoms with Crippen molar-refractivity contribution in [1.29, 1.82) is 0 Å². The number of pyridine rings is 1. The third kappa shape index (κ3) is 2.99. The molecule has 2 rings (SSSR count). The summed E-state index contributed by atoms with van der Waals surface area (Å²) in [6.07, 6.45) is 5.96. The highest BCUT2D eigenvalue weighted by atomic mass is 79.9. The molecule has 1 aliphatic carbocycles. The largest absolute Gasteiger partial charge is 0.370 e. The lowest BCUT2D eigenvalue weighted by atomic mass is 10.3. The van der Waals surface area contributed by atoms with Crippen LogP contribution < -0.4 is 5.32 Å². The molecule has 70 valence electrons. The smallest absolute Gasteiger partial charge is 0.125 e. The summed E-state index contributed by atoms with van der Waals surface area (Å²) in [6, 6.07) is 4.00. The molecule has 1 heterocycles. The Morgan fingerprint density at radius 1 is 1.46 bits per heavy atom. The highest BCUT2D eigenvalue weighted by Crippen LogP contribution is 2.31. The van der Waals surface area contributed by atoms with Crippen LogP contribution in [-0.2, 0) is 0 Å². The van der Waals surface area contributed by atoms with Crippen LogP contribution in [0.1, 0.15) is 19.3 Å². The molecular formula is C10H13BrN2. The predicted octanol–water partition coefficient (Wildman–Crippen LogP) is 3.06. The third-order valence-electron chi connectivity index (χ3n) is 2.28. The van der Waals surface area contributed by atoms with Gasteiger partial charge in [0.2, 0.25) is 0 Å². The Kier molecular flexibility index (Phi) is 2.83. The standard InChI is InChI=1S/C10H13BrN2/c11-9-3-4-10(13-7-9)12-6-5-8-1-2-8/h3-4,7-8H,1-2,5-6H2,(H,12,13). The van der Waals surface area contributed by atoms with E-state index in [9.17, 15) is 0 Å². The zero-order chi connectivity index (χ0) is 9.10. The summed E-state index contributed by atoms with van der Waals surface area (Å²) in [5.74, 6) is 1.96. The van der Waals surface area contributed by atoms with Gasteiger partial charge in [0.15, 0.2) is 0 Å². The Bertz CT molecular complexity index is 267. The minimum Gasteiger partial charge on any atom is -0.370 e. The van der Waals surface area contributed by atoms with Gasteiger partial charge < -0.3 is 5.32 Å². The van der Waals surface area contributed by atoms with E-state index in [1.807, 2.05) is 18.3 Å². The van der Waals surface area contributed by atoms with Crippen molar-refractivity contribution >= 4 is 21.7 Å². The van der Waals surface area contributed by atoms with Crippen molar-refractivity contribution in [1.82, 2.24) is 4.98 Å². The van der Waals surface area contributed by atoms with Crippen molar-refractivity contribution in [3.8, 4) is 0 Å².